The first-order valence-corrected chi connectivity index (χ1v) is 3.78. The highest BCUT2D eigenvalue weighted by Crippen LogP contribution is 1.75. The molecule has 0 rings (SSSR count). The highest BCUT2D eigenvalue weighted by molar-refractivity contribution is 4.37. The van der Waals surface area contributed by atoms with E-state index < -0.39 is 0 Å². The fourth-order valence-electron chi connectivity index (χ4n) is 0.522. The molecule has 0 spiro atoms. The molecule has 0 aliphatic heterocycles. The van der Waals surface area contributed by atoms with Crippen LogP contribution in [-0.2, 0) is 9.47 Å². The topological polar surface area (TPSA) is 30.5 Å². The average Bonchev–Trinajstić information content (AvgIpc) is 1.97. The van der Waals surface area contributed by atoms with Gasteiger partial charge < -0.3 is 14.8 Å². The standard InChI is InChI=1S/C7H17NO2/c1-3-8-5-6-10-7-9-4-2/h8H,3-7H2,1-2H3. The highest BCUT2D eigenvalue weighted by atomic mass is 16.7. The van der Waals surface area contributed by atoms with Crippen LogP contribution in [0.4, 0.5) is 0 Å². The van der Waals surface area contributed by atoms with E-state index in [2.05, 4.69) is 12.2 Å². The SMILES string of the molecule is CCNCCOCOCC. The molecule has 0 aromatic carbocycles. The molecule has 1 N–H and O–H groups in total. The minimum absolute atomic E-state index is 0.419. The Bertz CT molecular complexity index is 51.6. The first-order valence-electron chi connectivity index (χ1n) is 3.78. The van der Waals surface area contributed by atoms with Gasteiger partial charge >= 0.3 is 0 Å². The first-order chi connectivity index (χ1) is 4.91. The summed E-state index contributed by atoms with van der Waals surface area (Å²) in [7, 11) is 0. The lowest BCUT2D eigenvalue weighted by Crippen LogP contribution is -2.19. The van der Waals surface area contributed by atoms with E-state index in [0.29, 0.717) is 6.79 Å². The summed E-state index contributed by atoms with van der Waals surface area (Å²) in [6.07, 6.45) is 0. The first kappa shape index (κ1) is 9.88. The zero-order valence-corrected chi connectivity index (χ0v) is 6.85. The Labute approximate surface area is 62.7 Å². The third-order valence-corrected chi connectivity index (χ3v) is 1.04. The fourth-order valence-corrected chi connectivity index (χ4v) is 0.522. The molecule has 0 bridgehead atoms. The number of ether oxygens (including phenoxy) is 2. The van der Waals surface area contributed by atoms with E-state index in [-0.39, 0.29) is 0 Å². The van der Waals surface area contributed by atoms with Crippen LogP contribution in [0.25, 0.3) is 0 Å². The van der Waals surface area contributed by atoms with Crippen molar-refractivity contribution < 1.29 is 9.47 Å². The monoisotopic (exact) mass is 147 g/mol. The van der Waals surface area contributed by atoms with Crippen LogP contribution < -0.4 is 5.32 Å². The zero-order valence-electron chi connectivity index (χ0n) is 6.85. The maximum absolute atomic E-state index is 5.09. The Hall–Kier alpha value is -0.120. The van der Waals surface area contributed by atoms with Crippen molar-refractivity contribution in [3.63, 3.8) is 0 Å². The molecule has 3 nitrogen and oxygen atoms in total. The molecule has 0 amide bonds. The third kappa shape index (κ3) is 7.88. The van der Waals surface area contributed by atoms with Crippen LogP contribution in [0.2, 0.25) is 0 Å². The van der Waals surface area contributed by atoms with Crippen LogP contribution in [0, 0.1) is 0 Å². The molecule has 0 unspecified atom stereocenters. The lowest BCUT2D eigenvalue weighted by molar-refractivity contribution is -0.0477. The summed E-state index contributed by atoms with van der Waals surface area (Å²) in [4.78, 5) is 0. The summed E-state index contributed by atoms with van der Waals surface area (Å²) in [5.41, 5.74) is 0. The van der Waals surface area contributed by atoms with Crippen LogP contribution in [0.15, 0.2) is 0 Å². The molecule has 0 atom stereocenters. The lowest BCUT2D eigenvalue weighted by atomic mass is 10.6. The molecule has 3 heteroatoms. The van der Waals surface area contributed by atoms with Gasteiger partial charge in [0, 0.05) is 13.2 Å². The van der Waals surface area contributed by atoms with E-state index >= 15 is 0 Å². The van der Waals surface area contributed by atoms with Crippen molar-refractivity contribution in [2.75, 3.05) is 33.1 Å². The van der Waals surface area contributed by atoms with Gasteiger partial charge in [-0.1, -0.05) is 6.92 Å². The Kier molecular flexibility index (Phi) is 8.77. The predicted octanol–water partition coefficient (Wildman–Crippen LogP) is 0.607. The summed E-state index contributed by atoms with van der Waals surface area (Å²) in [5.74, 6) is 0. The maximum Gasteiger partial charge on any atom is 0.146 e. The Morgan fingerprint density at radius 1 is 1.20 bits per heavy atom. The van der Waals surface area contributed by atoms with Gasteiger partial charge in [-0.15, -0.1) is 0 Å². The number of nitrogens with one attached hydrogen (secondary N) is 1. The van der Waals surface area contributed by atoms with Gasteiger partial charge in [0.25, 0.3) is 0 Å². The molecule has 0 aromatic rings. The summed E-state index contributed by atoms with van der Waals surface area (Å²) in [6.45, 7) is 7.80. The number of hydrogen-bond acceptors (Lipinski definition) is 3. The molecule has 0 aromatic heterocycles. The van der Waals surface area contributed by atoms with Crippen LogP contribution in [0.3, 0.4) is 0 Å². The summed E-state index contributed by atoms with van der Waals surface area (Å²) >= 11 is 0. The smallest absolute Gasteiger partial charge is 0.146 e. The molecular formula is C7H17NO2. The largest absolute Gasteiger partial charge is 0.356 e. The van der Waals surface area contributed by atoms with Crippen molar-refractivity contribution in [3.05, 3.63) is 0 Å². The van der Waals surface area contributed by atoms with Gasteiger partial charge in [0.1, 0.15) is 6.79 Å². The van der Waals surface area contributed by atoms with E-state index in [9.17, 15) is 0 Å². The second-order valence-electron chi connectivity index (χ2n) is 1.87. The van der Waals surface area contributed by atoms with Gasteiger partial charge in [-0.3, -0.25) is 0 Å². The van der Waals surface area contributed by atoms with Gasteiger partial charge in [0.2, 0.25) is 0 Å². The number of likely N-dealkylation sites (N-methyl/N-ethyl adjacent to an activating group) is 1. The molecule has 0 aliphatic rings. The van der Waals surface area contributed by atoms with Crippen molar-refractivity contribution in [1.29, 1.82) is 0 Å². The molecular weight excluding hydrogens is 130 g/mol. The van der Waals surface area contributed by atoms with Gasteiger partial charge in [-0.2, -0.15) is 0 Å². The van der Waals surface area contributed by atoms with Gasteiger partial charge in [0.05, 0.1) is 6.61 Å². The minimum atomic E-state index is 0.419. The van der Waals surface area contributed by atoms with Crippen LogP contribution in [0.5, 0.6) is 0 Å². The minimum Gasteiger partial charge on any atom is -0.356 e. The van der Waals surface area contributed by atoms with Crippen LogP contribution in [0.1, 0.15) is 13.8 Å². The van der Waals surface area contributed by atoms with Crippen molar-refractivity contribution >= 4 is 0 Å². The zero-order chi connectivity index (χ0) is 7.66. The molecule has 10 heavy (non-hydrogen) atoms. The molecule has 0 aliphatic carbocycles. The second kappa shape index (κ2) is 8.88. The fraction of sp³-hybridized carbons (Fsp3) is 1.00. The van der Waals surface area contributed by atoms with Crippen LogP contribution in [-0.4, -0.2) is 33.1 Å². The highest BCUT2D eigenvalue weighted by Gasteiger charge is 1.84. The van der Waals surface area contributed by atoms with Gasteiger partial charge in [-0.05, 0) is 13.5 Å². The van der Waals surface area contributed by atoms with Gasteiger partial charge in [0.15, 0.2) is 0 Å². The average molecular weight is 147 g/mol. The predicted molar refractivity (Wildman–Crippen MR) is 41.0 cm³/mol. The normalized spacial score (nSPS) is 10.2. The van der Waals surface area contributed by atoms with E-state index in [1.165, 1.54) is 0 Å². The maximum atomic E-state index is 5.09. The summed E-state index contributed by atoms with van der Waals surface area (Å²) in [5, 5.41) is 3.14. The van der Waals surface area contributed by atoms with E-state index in [1.54, 1.807) is 0 Å². The van der Waals surface area contributed by atoms with E-state index in [0.717, 1.165) is 26.3 Å². The van der Waals surface area contributed by atoms with Gasteiger partial charge in [-0.25, -0.2) is 0 Å². The number of hydrogen-bond donors (Lipinski definition) is 1. The third-order valence-electron chi connectivity index (χ3n) is 1.04. The quantitative estimate of drug-likeness (QED) is 0.422. The van der Waals surface area contributed by atoms with Crippen molar-refractivity contribution in [2.24, 2.45) is 0 Å². The molecule has 0 saturated carbocycles. The Morgan fingerprint density at radius 3 is 2.60 bits per heavy atom. The van der Waals surface area contributed by atoms with Crippen molar-refractivity contribution in [3.8, 4) is 0 Å². The van der Waals surface area contributed by atoms with Crippen LogP contribution >= 0.6 is 0 Å². The van der Waals surface area contributed by atoms with E-state index in [1.807, 2.05) is 6.92 Å². The summed E-state index contributed by atoms with van der Waals surface area (Å²) < 4.78 is 10.1. The Balaban J connectivity index is 2.65. The van der Waals surface area contributed by atoms with E-state index in [4.69, 9.17) is 9.47 Å². The Morgan fingerprint density at radius 2 is 2.00 bits per heavy atom. The molecule has 0 radical (unpaired) electrons. The lowest BCUT2D eigenvalue weighted by Gasteiger charge is -2.03. The second-order valence-corrected chi connectivity index (χ2v) is 1.87. The molecule has 62 valence electrons. The number of rotatable bonds is 7. The molecule has 0 saturated heterocycles. The van der Waals surface area contributed by atoms with Crippen molar-refractivity contribution in [2.45, 2.75) is 13.8 Å². The summed E-state index contributed by atoms with van der Waals surface area (Å²) in [6, 6.07) is 0. The van der Waals surface area contributed by atoms with Crippen molar-refractivity contribution in [1.82, 2.24) is 5.32 Å². The molecule has 0 fully saturated rings. The molecule has 0 heterocycles.